The van der Waals surface area contributed by atoms with Gasteiger partial charge in [-0.05, 0) is 61.0 Å². The van der Waals surface area contributed by atoms with Gasteiger partial charge in [-0.2, -0.15) is 0 Å². The van der Waals surface area contributed by atoms with Crippen LogP contribution in [0.4, 0.5) is 11.6 Å². The Morgan fingerprint density at radius 1 is 1.10 bits per heavy atom. The fourth-order valence-corrected chi connectivity index (χ4v) is 3.40. The number of halogens is 1. The van der Waals surface area contributed by atoms with Gasteiger partial charge in [0.05, 0.1) is 24.2 Å². The molecule has 0 saturated heterocycles. The van der Waals surface area contributed by atoms with Crippen molar-refractivity contribution >= 4 is 40.2 Å². The Labute approximate surface area is 178 Å². The van der Waals surface area contributed by atoms with Crippen LogP contribution in [0.3, 0.4) is 0 Å². The van der Waals surface area contributed by atoms with E-state index in [-0.39, 0.29) is 5.56 Å². The molecule has 1 aromatic heterocycles. The van der Waals surface area contributed by atoms with Crippen molar-refractivity contribution in [3.63, 3.8) is 0 Å². The van der Waals surface area contributed by atoms with E-state index < -0.39 is 5.97 Å². The third-order valence-corrected chi connectivity index (χ3v) is 4.94. The molecule has 152 valence electrons. The SMILES string of the molecule is CCOc1ccc(Nc2nc3c(C(=O)O)cccc3n2Cc2ccc(Cl)cc2)cc1. The summed E-state index contributed by atoms with van der Waals surface area (Å²) in [5, 5.41) is 13.5. The summed E-state index contributed by atoms with van der Waals surface area (Å²) in [7, 11) is 0. The van der Waals surface area contributed by atoms with Crippen molar-refractivity contribution in [1.29, 1.82) is 0 Å². The van der Waals surface area contributed by atoms with Crippen molar-refractivity contribution in [2.45, 2.75) is 13.5 Å². The van der Waals surface area contributed by atoms with Crippen LogP contribution in [0.5, 0.6) is 5.75 Å². The summed E-state index contributed by atoms with van der Waals surface area (Å²) in [6.45, 7) is 3.04. The third-order valence-electron chi connectivity index (χ3n) is 4.68. The zero-order valence-corrected chi connectivity index (χ0v) is 17.1. The molecule has 0 aliphatic rings. The first kappa shape index (κ1) is 19.8. The van der Waals surface area contributed by atoms with E-state index in [9.17, 15) is 9.90 Å². The first-order valence-corrected chi connectivity index (χ1v) is 9.90. The largest absolute Gasteiger partial charge is 0.494 e. The Kier molecular flexibility index (Phi) is 5.59. The van der Waals surface area contributed by atoms with E-state index in [1.54, 1.807) is 12.1 Å². The van der Waals surface area contributed by atoms with E-state index in [0.29, 0.717) is 29.6 Å². The predicted molar refractivity (Wildman–Crippen MR) is 118 cm³/mol. The van der Waals surface area contributed by atoms with Crippen LogP contribution in [0, 0.1) is 0 Å². The van der Waals surface area contributed by atoms with Crippen molar-refractivity contribution in [1.82, 2.24) is 9.55 Å². The van der Waals surface area contributed by atoms with Crippen molar-refractivity contribution < 1.29 is 14.6 Å². The summed E-state index contributed by atoms with van der Waals surface area (Å²) in [5.41, 5.74) is 3.18. The fourth-order valence-electron chi connectivity index (χ4n) is 3.28. The number of carboxylic acids is 1. The highest BCUT2D eigenvalue weighted by atomic mass is 35.5. The fraction of sp³-hybridized carbons (Fsp3) is 0.130. The number of para-hydroxylation sites is 1. The van der Waals surface area contributed by atoms with Crippen LogP contribution >= 0.6 is 11.6 Å². The molecule has 0 unspecified atom stereocenters. The summed E-state index contributed by atoms with van der Waals surface area (Å²) in [6, 6.07) is 20.2. The van der Waals surface area contributed by atoms with E-state index in [2.05, 4.69) is 10.3 Å². The highest BCUT2D eigenvalue weighted by molar-refractivity contribution is 6.30. The second kappa shape index (κ2) is 8.47. The van der Waals surface area contributed by atoms with Crippen LogP contribution in [0.15, 0.2) is 66.7 Å². The Balaban J connectivity index is 1.77. The number of benzene rings is 3. The van der Waals surface area contributed by atoms with Crippen molar-refractivity contribution in [2.24, 2.45) is 0 Å². The van der Waals surface area contributed by atoms with Gasteiger partial charge in [0.15, 0.2) is 0 Å². The van der Waals surface area contributed by atoms with Gasteiger partial charge >= 0.3 is 5.97 Å². The second-order valence-corrected chi connectivity index (χ2v) is 7.15. The van der Waals surface area contributed by atoms with E-state index in [1.807, 2.05) is 66.1 Å². The number of fused-ring (bicyclic) bond motifs is 1. The molecule has 0 aliphatic heterocycles. The molecule has 0 bridgehead atoms. The number of hydrogen-bond acceptors (Lipinski definition) is 4. The minimum absolute atomic E-state index is 0.164. The molecule has 4 aromatic rings. The maximum Gasteiger partial charge on any atom is 0.337 e. The Morgan fingerprint density at radius 3 is 2.50 bits per heavy atom. The van der Waals surface area contributed by atoms with Crippen molar-refractivity contribution in [3.05, 3.63) is 82.9 Å². The number of imidazole rings is 1. The molecule has 0 radical (unpaired) electrons. The van der Waals surface area contributed by atoms with Crippen molar-refractivity contribution in [2.75, 3.05) is 11.9 Å². The Bertz CT molecular complexity index is 1190. The standard InChI is InChI=1S/C23H20ClN3O3/c1-2-30-18-12-10-17(11-13-18)25-23-26-21-19(22(28)29)4-3-5-20(21)27(23)14-15-6-8-16(24)9-7-15/h3-13H,2,14H2,1H3,(H,25,26)(H,28,29). The minimum Gasteiger partial charge on any atom is -0.494 e. The average molecular weight is 422 g/mol. The molecule has 0 amide bonds. The molecule has 2 N–H and O–H groups in total. The topological polar surface area (TPSA) is 76.4 Å². The molecule has 4 rings (SSSR count). The second-order valence-electron chi connectivity index (χ2n) is 6.71. The van der Waals surface area contributed by atoms with E-state index >= 15 is 0 Å². The molecule has 0 saturated carbocycles. The lowest BCUT2D eigenvalue weighted by atomic mass is 10.2. The zero-order chi connectivity index (χ0) is 21.1. The third kappa shape index (κ3) is 4.09. The Hall–Kier alpha value is -3.51. The first-order chi connectivity index (χ1) is 14.5. The number of rotatable bonds is 7. The number of carbonyl (C=O) groups is 1. The summed E-state index contributed by atoms with van der Waals surface area (Å²) in [4.78, 5) is 16.3. The number of nitrogens with one attached hydrogen (secondary N) is 1. The van der Waals surface area contributed by atoms with Gasteiger partial charge < -0.3 is 19.7 Å². The highest BCUT2D eigenvalue weighted by Crippen LogP contribution is 2.27. The molecular weight excluding hydrogens is 402 g/mol. The molecule has 0 spiro atoms. The Morgan fingerprint density at radius 2 is 1.83 bits per heavy atom. The number of aromatic nitrogens is 2. The summed E-state index contributed by atoms with van der Waals surface area (Å²) in [6.07, 6.45) is 0. The van der Waals surface area contributed by atoms with Gasteiger partial charge in [-0.25, -0.2) is 9.78 Å². The van der Waals surface area contributed by atoms with Gasteiger partial charge in [0.2, 0.25) is 5.95 Å². The van der Waals surface area contributed by atoms with Crippen LogP contribution in [0.1, 0.15) is 22.8 Å². The van der Waals surface area contributed by atoms with E-state index in [1.165, 1.54) is 0 Å². The van der Waals surface area contributed by atoms with Crippen LogP contribution in [0.2, 0.25) is 5.02 Å². The number of ether oxygens (including phenoxy) is 1. The number of hydrogen-bond donors (Lipinski definition) is 2. The molecule has 1 heterocycles. The lowest BCUT2D eigenvalue weighted by Gasteiger charge is -2.12. The van der Waals surface area contributed by atoms with Crippen molar-refractivity contribution in [3.8, 4) is 5.75 Å². The highest BCUT2D eigenvalue weighted by Gasteiger charge is 2.17. The lowest BCUT2D eigenvalue weighted by molar-refractivity contribution is 0.0699. The number of aromatic carboxylic acids is 1. The summed E-state index contributed by atoms with van der Waals surface area (Å²) < 4.78 is 7.45. The van der Waals surface area contributed by atoms with Gasteiger partial charge in [-0.15, -0.1) is 0 Å². The predicted octanol–water partition coefficient (Wildman–Crippen LogP) is 5.58. The van der Waals surface area contributed by atoms with Gasteiger partial charge in [0, 0.05) is 10.7 Å². The van der Waals surface area contributed by atoms with Crippen LogP contribution in [0.25, 0.3) is 11.0 Å². The quantitative estimate of drug-likeness (QED) is 0.407. The van der Waals surface area contributed by atoms with Crippen LogP contribution in [-0.4, -0.2) is 27.2 Å². The van der Waals surface area contributed by atoms with Gasteiger partial charge in [0.25, 0.3) is 0 Å². The summed E-state index contributed by atoms with van der Waals surface area (Å²) >= 11 is 6.01. The maximum absolute atomic E-state index is 11.7. The van der Waals surface area contributed by atoms with Crippen LogP contribution < -0.4 is 10.1 Å². The monoisotopic (exact) mass is 421 g/mol. The lowest BCUT2D eigenvalue weighted by Crippen LogP contribution is -2.05. The van der Waals surface area contributed by atoms with E-state index in [4.69, 9.17) is 16.3 Å². The number of anilines is 2. The molecular formula is C23H20ClN3O3. The van der Waals surface area contributed by atoms with Gasteiger partial charge in [-0.1, -0.05) is 29.8 Å². The summed E-state index contributed by atoms with van der Waals surface area (Å²) in [5.74, 6) is 0.327. The van der Waals surface area contributed by atoms with Crippen LogP contribution in [-0.2, 0) is 6.54 Å². The molecule has 0 fully saturated rings. The van der Waals surface area contributed by atoms with E-state index in [0.717, 1.165) is 22.5 Å². The number of nitrogens with zero attached hydrogens (tertiary/aromatic N) is 2. The maximum atomic E-state index is 11.7. The van der Waals surface area contributed by atoms with Gasteiger partial charge in [-0.3, -0.25) is 0 Å². The zero-order valence-electron chi connectivity index (χ0n) is 16.3. The molecule has 0 atom stereocenters. The minimum atomic E-state index is -1.01. The first-order valence-electron chi connectivity index (χ1n) is 9.52. The normalized spacial score (nSPS) is 10.9. The molecule has 6 nitrogen and oxygen atoms in total. The average Bonchev–Trinajstić information content (AvgIpc) is 3.08. The molecule has 30 heavy (non-hydrogen) atoms. The number of carboxylic acid groups (broad SMARTS) is 1. The molecule has 3 aromatic carbocycles. The smallest absolute Gasteiger partial charge is 0.337 e. The van der Waals surface area contributed by atoms with Gasteiger partial charge in [0.1, 0.15) is 11.3 Å². The molecule has 0 aliphatic carbocycles. The molecule has 7 heteroatoms.